The first-order chi connectivity index (χ1) is 10.5. The highest BCUT2D eigenvalue weighted by Gasteiger charge is 2.29. The molecular weight excluding hydrogens is 294 g/mol. The van der Waals surface area contributed by atoms with Crippen molar-refractivity contribution in [1.82, 2.24) is 9.88 Å². The van der Waals surface area contributed by atoms with Crippen LogP contribution in [0.25, 0.3) is 0 Å². The number of hydrogen-bond acceptors (Lipinski definition) is 4. The van der Waals surface area contributed by atoms with Gasteiger partial charge in [0.05, 0.1) is 6.10 Å². The molecule has 1 aromatic rings. The van der Waals surface area contributed by atoms with Crippen molar-refractivity contribution in [3.05, 3.63) is 24.0 Å². The number of ether oxygens (including phenoxy) is 1. The first-order valence-corrected chi connectivity index (χ1v) is 7.32. The second kappa shape index (κ2) is 7.49. The van der Waals surface area contributed by atoms with E-state index in [0.29, 0.717) is 13.1 Å². The summed E-state index contributed by atoms with van der Waals surface area (Å²) in [6.45, 7) is 1.92. The summed E-state index contributed by atoms with van der Waals surface area (Å²) in [5, 5.41) is 9.69. The number of hydrogen-bond donors (Lipinski definition) is 1. The molecule has 122 valence electrons. The van der Waals surface area contributed by atoms with Crippen molar-refractivity contribution in [1.29, 1.82) is 0 Å². The van der Waals surface area contributed by atoms with E-state index in [1.807, 2.05) is 0 Å². The summed E-state index contributed by atoms with van der Waals surface area (Å²) in [6, 6.07) is 2.99. The van der Waals surface area contributed by atoms with Gasteiger partial charge in [0, 0.05) is 25.2 Å². The Labute approximate surface area is 127 Å². The maximum atomic E-state index is 12.5. The fraction of sp³-hybridized carbons (Fsp3) is 0.600. The van der Waals surface area contributed by atoms with E-state index in [1.165, 1.54) is 18.3 Å². The number of likely N-dealkylation sites (tertiary alicyclic amines) is 1. The quantitative estimate of drug-likeness (QED) is 0.902. The molecule has 1 aliphatic rings. The molecule has 1 fully saturated rings. The highest BCUT2D eigenvalue weighted by atomic mass is 19.3. The van der Waals surface area contributed by atoms with Gasteiger partial charge in [0.25, 0.3) is 12.3 Å². The third-order valence-corrected chi connectivity index (χ3v) is 3.77. The van der Waals surface area contributed by atoms with Crippen molar-refractivity contribution in [3.63, 3.8) is 0 Å². The summed E-state index contributed by atoms with van der Waals surface area (Å²) < 4.78 is 29.5. The smallest absolute Gasteiger partial charge is 0.276 e. The standard InChI is InChI=1S/C15H20F2N2O3/c1-10(20)11-4-3-7-19(8-11)15(21)14-12(5-2-6-18-14)22-9-13(16)17/h2,5-6,10-11,13,20H,3-4,7-9H2,1H3. The lowest BCUT2D eigenvalue weighted by Crippen LogP contribution is -2.43. The molecule has 0 aliphatic carbocycles. The molecule has 2 atom stereocenters. The average molecular weight is 314 g/mol. The highest BCUT2D eigenvalue weighted by molar-refractivity contribution is 5.95. The third kappa shape index (κ3) is 4.13. The number of nitrogens with zero attached hydrogens (tertiary/aromatic N) is 2. The maximum Gasteiger partial charge on any atom is 0.276 e. The fourth-order valence-electron chi connectivity index (χ4n) is 2.56. The Morgan fingerprint density at radius 3 is 3.05 bits per heavy atom. The van der Waals surface area contributed by atoms with E-state index in [1.54, 1.807) is 11.8 Å². The number of pyridine rings is 1. The zero-order chi connectivity index (χ0) is 16.1. The van der Waals surface area contributed by atoms with Crippen LogP contribution in [0.4, 0.5) is 8.78 Å². The van der Waals surface area contributed by atoms with Crippen molar-refractivity contribution >= 4 is 5.91 Å². The van der Waals surface area contributed by atoms with Crippen molar-refractivity contribution in [3.8, 4) is 5.75 Å². The molecule has 1 saturated heterocycles. The van der Waals surface area contributed by atoms with Gasteiger partial charge in [-0.2, -0.15) is 0 Å². The molecule has 2 heterocycles. The predicted molar refractivity (Wildman–Crippen MR) is 76.0 cm³/mol. The Morgan fingerprint density at radius 2 is 2.36 bits per heavy atom. The number of carbonyl (C=O) groups excluding carboxylic acids is 1. The second-order valence-corrected chi connectivity index (χ2v) is 5.45. The molecule has 0 aromatic carbocycles. The van der Waals surface area contributed by atoms with Crippen LogP contribution < -0.4 is 4.74 Å². The third-order valence-electron chi connectivity index (χ3n) is 3.77. The van der Waals surface area contributed by atoms with Gasteiger partial charge in [0.1, 0.15) is 6.61 Å². The summed E-state index contributed by atoms with van der Waals surface area (Å²) in [5.41, 5.74) is 0.0365. The second-order valence-electron chi connectivity index (χ2n) is 5.45. The van der Waals surface area contributed by atoms with Crippen LogP contribution in [0.5, 0.6) is 5.75 Å². The summed E-state index contributed by atoms with van der Waals surface area (Å²) in [5.74, 6) is -0.269. The summed E-state index contributed by atoms with van der Waals surface area (Å²) >= 11 is 0. The monoisotopic (exact) mass is 314 g/mol. The van der Waals surface area contributed by atoms with E-state index < -0.39 is 19.1 Å². The van der Waals surface area contributed by atoms with Gasteiger partial charge in [0.2, 0.25) is 0 Å². The molecule has 7 heteroatoms. The molecule has 22 heavy (non-hydrogen) atoms. The van der Waals surface area contributed by atoms with E-state index in [2.05, 4.69) is 4.98 Å². The SMILES string of the molecule is CC(O)C1CCCN(C(=O)c2ncccc2OCC(F)F)C1. The molecule has 1 amide bonds. The van der Waals surface area contributed by atoms with Crippen molar-refractivity contribution in [2.45, 2.75) is 32.3 Å². The number of halogens is 2. The van der Waals surface area contributed by atoms with Crippen LogP contribution in [-0.2, 0) is 0 Å². The van der Waals surface area contributed by atoms with Crippen LogP contribution in [0.15, 0.2) is 18.3 Å². The first kappa shape index (κ1) is 16.6. The van der Waals surface area contributed by atoms with Gasteiger partial charge in [-0.3, -0.25) is 4.79 Å². The van der Waals surface area contributed by atoms with Gasteiger partial charge >= 0.3 is 0 Å². The number of aliphatic hydroxyl groups is 1. The normalized spacial score (nSPS) is 20.0. The zero-order valence-corrected chi connectivity index (χ0v) is 12.4. The molecule has 0 bridgehead atoms. The van der Waals surface area contributed by atoms with Gasteiger partial charge < -0.3 is 14.7 Å². The number of alkyl halides is 2. The Morgan fingerprint density at radius 1 is 1.59 bits per heavy atom. The van der Waals surface area contributed by atoms with Gasteiger partial charge in [-0.25, -0.2) is 13.8 Å². The van der Waals surface area contributed by atoms with Gasteiger partial charge in [-0.15, -0.1) is 0 Å². The van der Waals surface area contributed by atoms with Crippen LogP contribution in [0, 0.1) is 5.92 Å². The molecule has 0 spiro atoms. The van der Waals surface area contributed by atoms with E-state index >= 15 is 0 Å². The molecule has 1 N–H and O–H groups in total. The van der Waals surface area contributed by atoms with Gasteiger partial charge in [-0.05, 0) is 31.9 Å². The van der Waals surface area contributed by atoms with Crippen LogP contribution in [0.2, 0.25) is 0 Å². The molecule has 1 aliphatic heterocycles. The average Bonchev–Trinajstić information content (AvgIpc) is 2.52. The molecule has 0 saturated carbocycles. The van der Waals surface area contributed by atoms with E-state index in [-0.39, 0.29) is 23.3 Å². The van der Waals surface area contributed by atoms with Crippen molar-refractivity contribution in [2.75, 3.05) is 19.7 Å². The molecule has 5 nitrogen and oxygen atoms in total. The number of aromatic nitrogens is 1. The minimum Gasteiger partial charge on any atom is -0.485 e. The lowest BCUT2D eigenvalue weighted by molar-refractivity contribution is 0.0450. The lowest BCUT2D eigenvalue weighted by atomic mass is 9.93. The zero-order valence-electron chi connectivity index (χ0n) is 12.4. The Hall–Kier alpha value is -1.76. The van der Waals surface area contributed by atoms with E-state index in [4.69, 9.17) is 4.74 Å². The first-order valence-electron chi connectivity index (χ1n) is 7.32. The highest BCUT2D eigenvalue weighted by Crippen LogP contribution is 2.24. The molecule has 2 unspecified atom stereocenters. The Kier molecular flexibility index (Phi) is 5.65. The van der Waals surface area contributed by atoms with Crippen LogP contribution in [-0.4, -0.2) is 53.1 Å². The number of piperidine rings is 1. The van der Waals surface area contributed by atoms with E-state index in [9.17, 15) is 18.7 Å². The number of amides is 1. The summed E-state index contributed by atoms with van der Waals surface area (Å²) in [7, 11) is 0. The number of carbonyl (C=O) groups is 1. The van der Waals surface area contributed by atoms with Crippen LogP contribution >= 0.6 is 0 Å². The van der Waals surface area contributed by atoms with Crippen LogP contribution in [0.3, 0.4) is 0 Å². The van der Waals surface area contributed by atoms with Crippen molar-refractivity contribution in [2.24, 2.45) is 5.92 Å². The number of rotatable bonds is 5. The predicted octanol–water partition coefficient (Wildman–Crippen LogP) is 1.96. The number of aliphatic hydroxyl groups excluding tert-OH is 1. The summed E-state index contributed by atoms with van der Waals surface area (Å²) in [6.07, 6.45) is -0.0233. The molecule has 0 radical (unpaired) electrons. The Bertz CT molecular complexity index is 511. The minimum atomic E-state index is -2.61. The van der Waals surface area contributed by atoms with Crippen molar-refractivity contribution < 1.29 is 23.4 Å². The topological polar surface area (TPSA) is 62.7 Å². The fourth-order valence-corrected chi connectivity index (χ4v) is 2.56. The lowest BCUT2D eigenvalue weighted by Gasteiger charge is -2.34. The van der Waals surface area contributed by atoms with E-state index in [0.717, 1.165) is 12.8 Å². The largest absolute Gasteiger partial charge is 0.485 e. The minimum absolute atomic E-state index is 0.0202. The Balaban J connectivity index is 2.11. The van der Waals surface area contributed by atoms with Gasteiger partial charge in [-0.1, -0.05) is 0 Å². The van der Waals surface area contributed by atoms with Crippen LogP contribution in [0.1, 0.15) is 30.3 Å². The van der Waals surface area contributed by atoms with Gasteiger partial charge in [0.15, 0.2) is 11.4 Å². The maximum absolute atomic E-state index is 12.5. The molecular formula is C15H20F2N2O3. The molecule has 2 rings (SSSR count). The summed E-state index contributed by atoms with van der Waals surface area (Å²) in [4.78, 5) is 18.1. The molecule has 1 aromatic heterocycles.